The van der Waals surface area contributed by atoms with Gasteiger partial charge >= 0.3 is 0 Å². The van der Waals surface area contributed by atoms with Crippen LogP contribution in [-0.4, -0.2) is 59.4 Å². The van der Waals surface area contributed by atoms with Crippen molar-refractivity contribution >= 4 is 11.6 Å². The Morgan fingerprint density at radius 1 is 1.00 bits per heavy atom. The van der Waals surface area contributed by atoms with Crippen LogP contribution in [0.1, 0.15) is 22.8 Å². The van der Waals surface area contributed by atoms with Crippen LogP contribution in [0.25, 0.3) is 5.69 Å². The quantitative estimate of drug-likeness (QED) is 0.687. The molecule has 1 aliphatic heterocycles. The largest absolute Gasteiger partial charge is 0.369 e. The van der Waals surface area contributed by atoms with E-state index in [4.69, 9.17) is 0 Å². The Hall–Kier alpha value is -3.12. The fraction of sp³-hybridized carbons (Fsp3) is 0.333. The monoisotopic (exact) mass is 403 g/mol. The lowest BCUT2D eigenvalue weighted by Crippen LogP contribution is -2.52. The van der Waals surface area contributed by atoms with Crippen LogP contribution in [0.4, 0.5) is 5.69 Å². The number of carbonyl (C=O) groups is 1. The van der Waals surface area contributed by atoms with Crippen molar-refractivity contribution in [3.8, 4) is 5.69 Å². The highest BCUT2D eigenvalue weighted by Crippen LogP contribution is 2.16. The van der Waals surface area contributed by atoms with Crippen LogP contribution in [-0.2, 0) is 0 Å². The normalized spacial score (nSPS) is 15.7. The zero-order valence-electron chi connectivity index (χ0n) is 17.7. The number of carbonyl (C=O) groups excluding carboxylic acids is 1. The molecule has 30 heavy (non-hydrogen) atoms. The number of aromatic nitrogens is 2. The van der Waals surface area contributed by atoms with E-state index in [0.717, 1.165) is 37.4 Å². The van der Waals surface area contributed by atoms with Crippen molar-refractivity contribution in [2.45, 2.75) is 19.9 Å². The molecule has 1 N–H and O–H groups in total. The first-order valence-corrected chi connectivity index (χ1v) is 10.5. The molecule has 0 spiro atoms. The number of benzene rings is 2. The highest BCUT2D eigenvalue weighted by Gasteiger charge is 2.21. The molecule has 1 amide bonds. The lowest BCUT2D eigenvalue weighted by Gasteiger charge is -2.39. The summed E-state index contributed by atoms with van der Waals surface area (Å²) >= 11 is 0. The Bertz CT molecular complexity index is 959. The molecule has 6 heteroatoms. The van der Waals surface area contributed by atoms with Gasteiger partial charge in [-0.2, -0.15) is 5.10 Å². The van der Waals surface area contributed by atoms with Crippen molar-refractivity contribution in [2.24, 2.45) is 0 Å². The van der Waals surface area contributed by atoms with Crippen molar-refractivity contribution in [2.75, 3.05) is 37.6 Å². The average molecular weight is 404 g/mol. The minimum atomic E-state index is -0.0343. The standard InChI is InChI=1S/C24H29N5O/c1-19-16-26-29(18-19)23-10-8-21(9-11-23)24(30)25-17-20(2)27-12-14-28(15-13-27)22-6-4-3-5-7-22/h3-11,16,18,20H,12-15,17H2,1-2H3,(H,25,30). The lowest BCUT2D eigenvalue weighted by molar-refractivity contribution is 0.0934. The number of para-hydroxylation sites is 1. The van der Waals surface area contributed by atoms with Gasteiger partial charge in [-0.1, -0.05) is 18.2 Å². The number of rotatable bonds is 6. The molecule has 4 rings (SSSR count). The summed E-state index contributed by atoms with van der Waals surface area (Å²) in [5, 5.41) is 7.39. The van der Waals surface area contributed by atoms with Gasteiger partial charge in [-0.3, -0.25) is 9.69 Å². The van der Waals surface area contributed by atoms with Gasteiger partial charge in [0.25, 0.3) is 5.91 Å². The number of aryl methyl sites for hydroxylation is 1. The van der Waals surface area contributed by atoms with E-state index in [1.165, 1.54) is 5.69 Å². The highest BCUT2D eigenvalue weighted by molar-refractivity contribution is 5.94. The number of hydrogen-bond acceptors (Lipinski definition) is 4. The summed E-state index contributed by atoms with van der Waals surface area (Å²) in [6.07, 6.45) is 3.79. The summed E-state index contributed by atoms with van der Waals surface area (Å²) in [6.45, 7) is 8.86. The Morgan fingerprint density at radius 2 is 1.70 bits per heavy atom. The number of anilines is 1. The molecular formula is C24H29N5O. The van der Waals surface area contributed by atoms with Crippen molar-refractivity contribution < 1.29 is 4.79 Å². The van der Waals surface area contributed by atoms with E-state index >= 15 is 0 Å². The minimum Gasteiger partial charge on any atom is -0.369 e. The van der Waals surface area contributed by atoms with Gasteiger partial charge in [0.15, 0.2) is 0 Å². The molecule has 0 radical (unpaired) electrons. The maximum Gasteiger partial charge on any atom is 0.251 e. The molecule has 1 fully saturated rings. The molecule has 156 valence electrons. The molecule has 1 atom stereocenters. The van der Waals surface area contributed by atoms with E-state index in [1.54, 1.807) is 0 Å². The van der Waals surface area contributed by atoms with Gasteiger partial charge in [0.1, 0.15) is 0 Å². The van der Waals surface area contributed by atoms with Crippen molar-refractivity contribution in [3.63, 3.8) is 0 Å². The summed E-state index contributed by atoms with van der Waals surface area (Å²) in [6, 6.07) is 18.4. The molecule has 1 aliphatic rings. The van der Waals surface area contributed by atoms with Crippen LogP contribution < -0.4 is 10.2 Å². The van der Waals surface area contributed by atoms with Crippen molar-refractivity contribution in [1.82, 2.24) is 20.0 Å². The summed E-state index contributed by atoms with van der Waals surface area (Å²) in [7, 11) is 0. The van der Waals surface area contributed by atoms with Gasteiger partial charge in [0.2, 0.25) is 0 Å². The molecule has 0 saturated carbocycles. The average Bonchev–Trinajstić information content (AvgIpc) is 3.24. The van der Waals surface area contributed by atoms with Gasteiger partial charge in [-0.25, -0.2) is 4.68 Å². The van der Waals surface area contributed by atoms with Gasteiger partial charge in [-0.05, 0) is 55.8 Å². The van der Waals surface area contributed by atoms with Gasteiger partial charge in [-0.15, -0.1) is 0 Å². The first kappa shape index (κ1) is 20.2. The molecule has 1 saturated heterocycles. The fourth-order valence-electron chi connectivity index (χ4n) is 3.85. The van der Waals surface area contributed by atoms with E-state index in [2.05, 4.69) is 57.5 Å². The fourth-order valence-corrected chi connectivity index (χ4v) is 3.85. The predicted molar refractivity (Wildman–Crippen MR) is 120 cm³/mol. The number of nitrogens with one attached hydrogen (secondary N) is 1. The Kier molecular flexibility index (Phi) is 6.14. The van der Waals surface area contributed by atoms with Crippen LogP contribution >= 0.6 is 0 Å². The second kappa shape index (κ2) is 9.13. The molecule has 1 aromatic heterocycles. The third-order valence-corrected chi connectivity index (χ3v) is 5.72. The zero-order chi connectivity index (χ0) is 20.9. The number of piperazine rings is 1. The van der Waals surface area contributed by atoms with Gasteiger partial charge in [0, 0.05) is 56.2 Å². The summed E-state index contributed by atoms with van der Waals surface area (Å²) in [5.74, 6) is -0.0343. The van der Waals surface area contributed by atoms with Gasteiger partial charge in [0.05, 0.1) is 11.9 Å². The number of hydrogen-bond donors (Lipinski definition) is 1. The minimum absolute atomic E-state index is 0.0343. The second-order valence-corrected chi connectivity index (χ2v) is 7.93. The van der Waals surface area contributed by atoms with E-state index < -0.39 is 0 Å². The Balaban J connectivity index is 1.26. The topological polar surface area (TPSA) is 53.4 Å². The maximum absolute atomic E-state index is 12.6. The van der Waals surface area contributed by atoms with E-state index in [0.29, 0.717) is 18.2 Å². The highest BCUT2D eigenvalue weighted by atomic mass is 16.1. The molecule has 3 aromatic rings. The predicted octanol–water partition coefficient (Wildman–Crippen LogP) is 3.12. The second-order valence-electron chi connectivity index (χ2n) is 7.93. The van der Waals surface area contributed by atoms with E-state index in [-0.39, 0.29) is 5.91 Å². The van der Waals surface area contributed by atoms with Crippen molar-refractivity contribution in [1.29, 1.82) is 0 Å². The molecule has 1 unspecified atom stereocenters. The molecule has 0 aliphatic carbocycles. The Labute approximate surface area is 178 Å². The van der Waals surface area contributed by atoms with Crippen LogP contribution in [0.5, 0.6) is 0 Å². The van der Waals surface area contributed by atoms with E-state index in [1.807, 2.05) is 48.3 Å². The van der Waals surface area contributed by atoms with Crippen LogP contribution in [0, 0.1) is 6.92 Å². The SMILES string of the molecule is Cc1cnn(-c2ccc(C(=O)NCC(C)N3CCN(c4ccccc4)CC3)cc2)c1. The zero-order valence-corrected chi connectivity index (χ0v) is 17.7. The van der Waals surface area contributed by atoms with Crippen LogP contribution in [0.3, 0.4) is 0 Å². The summed E-state index contributed by atoms with van der Waals surface area (Å²) in [5.41, 5.74) is 4.01. The smallest absolute Gasteiger partial charge is 0.251 e. The number of nitrogens with zero attached hydrogens (tertiary/aromatic N) is 4. The van der Waals surface area contributed by atoms with Crippen LogP contribution in [0.15, 0.2) is 67.0 Å². The molecule has 6 nitrogen and oxygen atoms in total. The summed E-state index contributed by atoms with van der Waals surface area (Å²) < 4.78 is 1.81. The first-order chi connectivity index (χ1) is 14.6. The van der Waals surface area contributed by atoms with E-state index in [9.17, 15) is 4.79 Å². The molecule has 0 bridgehead atoms. The Morgan fingerprint density at radius 3 is 2.33 bits per heavy atom. The molecule has 2 aromatic carbocycles. The third-order valence-electron chi connectivity index (χ3n) is 5.72. The number of amides is 1. The lowest BCUT2D eigenvalue weighted by atomic mass is 10.1. The van der Waals surface area contributed by atoms with Gasteiger partial charge < -0.3 is 10.2 Å². The third kappa shape index (κ3) is 4.71. The first-order valence-electron chi connectivity index (χ1n) is 10.5. The van der Waals surface area contributed by atoms with Crippen LogP contribution in [0.2, 0.25) is 0 Å². The summed E-state index contributed by atoms with van der Waals surface area (Å²) in [4.78, 5) is 17.4. The molecular weight excluding hydrogens is 374 g/mol. The maximum atomic E-state index is 12.6. The molecule has 2 heterocycles. The van der Waals surface area contributed by atoms with Crippen molar-refractivity contribution in [3.05, 3.63) is 78.1 Å².